The smallest absolute Gasteiger partial charge is 0.462 e. The quantitative estimate of drug-likeness (QED) is 0.0222. The van der Waals surface area contributed by atoms with Gasteiger partial charge in [-0.1, -0.05) is 273 Å². The zero-order chi connectivity index (χ0) is 62.2. The van der Waals surface area contributed by atoms with Gasteiger partial charge in [-0.3, -0.25) is 37.3 Å². The molecule has 0 saturated heterocycles. The van der Waals surface area contributed by atoms with Crippen molar-refractivity contribution < 1.29 is 80.2 Å². The Balaban J connectivity index is 5.15. The second kappa shape index (κ2) is 57.5. The van der Waals surface area contributed by atoms with Crippen molar-refractivity contribution in [1.82, 2.24) is 0 Å². The van der Waals surface area contributed by atoms with Crippen molar-refractivity contribution >= 4 is 39.5 Å². The summed E-state index contributed by atoms with van der Waals surface area (Å²) in [5.41, 5.74) is 0. The molecule has 0 aromatic heterocycles. The maximum atomic E-state index is 13.0. The van der Waals surface area contributed by atoms with Gasteiger partial charge in [-0.05, 0) is 37.5 Å². The van der Waals surface area contributed by atoms with Gasteiger partial charge in [0, 0.05) is 25.7 Å². The van der Waals surface area contributed by atoms with E-state index in [1.165, 1.54) is 116 Å². The van der Waals surface area contributed by atoms with Crippen LogP contribution in [0.5, 0.6) is 0 Å². The normalized spacial score (nSPS) is 14.3. The molecule has 0 aliphatic rings. The third-order valence-electron chi connectivity index (χ3n) is 15.0. The maximum absolute atomic E-state index is 13.0. The van der Waals surface area contributed by atoms with Crippen molar-refractivity contribution in [2.75, 3.05) is 39.6 Å². The first-order valence-corrected chi connectivity index (χ1v) is 37.0. The second-order valence-electron chi connectivity index (χ2n) is 24.5. The largest absolute Gasteiger partial charge is 0.472 e. The van der Waals surface area contributed by atoms with Crippen LogP contribution < -0.4 is 0 Å². The molecule has 0 radical (unpaired) electrons. The van der Waals surface area contributed by atoms with Gasteiger partial charge in [0.25, 0.3) is 0 Å². The fourth-order valence-corrected chi connectivity index (χ4v) is 11.3. The highest BCUT2D eigenvalue weighted by atomic mass is 31.2. The summed E-state index contributed by atoms with van der Waals surface area (Å²) in [4.78, 5) is 72.0. The molecule has 0 amide bonds. The lowest BCUT2D eigenvalue weighted by Crippen LogP contribution is -2.30. The highest BCUT2D eigenvalue weighted by Gasteiger charge is 2.30. The molecule has 17 nitrogen and oxygen atoms in total. The number of esters is 4. The van der Waals surface area contributed by atoms with Crippen molar-refractivity contribution in [3.05, 3.63) is 0 Å². The molecule has 0 rings (SSSR count). The number of aliphatic hydroxyl groups excluding tert-OH is 1. The van der Waals surface area contributed by atoms with Crippen LogP contribution in [0.15, 0.2) is 0 Å². The fraction of sp³-hybridized carbons (Fsp3) is 0.938. The van der Waals surface area contributed by atoms with Crippen LogP contribution in [0.1, 0.15) is 324 Å². The van der Waals surface area contributed by atoms with E-state index in [9.17, 15) is 43.2 Å². The van der Waals surface area contributed by atoms with Gasteiger partial charge in [0.1, 0.15) is 19.3 Å². The lowest BCUT2D eigenvalue weighted by Gasteiger charge is -2.21. The average Bonchev–Trinajstić information content (AvgIpc) is 3.59. The van der Waals surface area contributed by atoms with Crippen molar-refractivity contribution in [2.24, 2.45) is 11.8 Å². The van der Waals surface area contributed by atoms with E-state index in [2.05, 4.69) is 41.5 Å². The number of unbranched alkanes of at least 4 members (excludes halogenated alkanes) is 34. The standard InChI is InChI=1S/C65H126O17P2/c1-7-9-11-13-27-35-41-47-62(67)75-53-60(81-64(69)49-43-37-28-14-12-10-8-2)55-79-83(71,72)77-51-59(66)52-78-84(73,74)80-56-61(54-76-63(68)48-42-36-31-26-22-24-30-34-40-46-58(5)6)82-65(70)50-44-38-32-25-21-19-17-15-16-18-20-23-29-33-39-45-57(3)4/h57-61,66H,7-56H2,1-6H3,(H,71,72)(H,73,74)/t59-,60+,61+/m0/s1. The van der Waals surface area contributed by atoms with Gasteiger partial charge in [-0.2, -0.15) is 0 Å². The third kappa shape index (κ3) is 59.0. The Morgan fingerprint density at radius 3 is 0.810 bits per heavy atom. The zero-order valence-electron chi connectivity index (χ0n) is 54.2. The van der Waals surface area contributed by atoms with E-state index in [1.54, 1.807) is 0 Å². The molecule has 0 bridgehead atoms. The first-order valence-electron chi connectivity index (χ1n) is 34.0. The minimum Gasteiger partial charge on any atom is -0.462 e. The number of hydrogen-bond acceptors (Lipinski definition) is 15. The molecular weight excluding hydrogens is 1110 g/mol. The van der Waals surface area contributed by atoms with E-state index in [1.807, 2.05) is 0 Å². The van der Waals surface area contributed by atoms with Crippen LogP contribution in [0.3, 0.4) is 0 Å². The summed E-state index contributed by atoms with van der Waals surface area (Å²) < 4.78 is 67.8. The van der Waals surface area contributed by atoms with Crippen LogP contribution in [0.4, 0.5) is 0 Å². The minimum atomic E-state index is -4.94. The Morgan fingerprint density at radius 2 is 0.548 bits per heavy atom. The molecule has 0 fully saturated rings. The van der Waals surface area contributed by atoms with E-state index >= 15 is 0 Å². The highest BCUT2D eigenvalue weighted by Crippen LogP contribution is 2.45. The van der Waals surface area contributed by atoms with Crippen LogP contribution in [0.2, 0.25) is 0 Å². The molecule has 0 aliphatic heterocycles. The Bertz CT molecular complexity index is 1650. The van der Waals surface area contributed by atoms with Crippen LogP contribution in [-0.2, 0) is 65.4 Å². The summed E-state index contributed by atoms with van der Waals surface area (Å²) in [6, 6.07) is 0. The van der Waals surface area contributed by atoms with Crippen LogP contribution in [0, 0.1) is 11.8 Å². The number of carbonyl (C=O) groups is 4. The number of aliphatic hydroxyl groups is 1. The fourth-order valence-electron chi connectivity index (χ4n) is 9.71. The molecule has 84 heavy (non-hydrogen) atoms. The molecule has 0 aliphatic carbocycles. The van der Waals surface area contributed by atoms with Gasteiger partial charge in [-0.15, -0.1) is 0 Å². The first-order chi connectivity index (χ1) is 40.4. The van der Waals surface area contributed by atoms with Crippen molar-refractivity contribution in [3.63, 3.8) is 0 Å². The zero-order valence-corrected chi connectivity index (χ0v) is 56.0. The van der Waals surface area contributed by atoms with Gasteiger partial charge >= 0.3 is 39.5 Å². The van der Waals surface area contributed by atoms with E-state index in [0.717, 1.165) is 127 Å². The number of phosphoric acid groups is 2. The number of ether oxygens (including phenoxy) is 4. The Kier molecular flexibility index (Phi) is 56.2. The summed E-state index contributed by atoms with van der Waals surface area (Å²) in [5.74, 6) is -0.594. The van der Waals surface area contributed by atoms with Gasteiger partial charge in [0.2, 0.25) is 0 Å². The van der Waals surface area contributed by atoms with Gasteiger partial charge in [0.15, 0.2) is 12.2 Å². The number of rotatable bonds is 64. The van der Waals surface area contributed by atoms with Gasteiger partial charge in [0.05, 0.1) is 26.4 Å². The Hall–Kier alpha value is -1.94. The summed E-state index contributed by atoms with van der Waals surface area (Å²) >= 11 is 0. The minimum absolute atomic E-state index is 0.103. The van der Waals surface area contributed by atoms with Gasteiger partial charge < -0.3 is 33.8 Å². The molecule has 0 aromatic carbocycles. The van der Waals surface area contributed by atoms with Gasteiger partial charge in [-0.25, -0.2) is 9.13 Å². The Labute approximate surface area is 511 Å². The lowest BCUT2D eigenvalue weighted by molar-refractivity contribution is -0.161. The first kappa shape index (κ1) is 82.1. The summed E-state index contributed by atoms with van der Waals surface area (Å²) in [5, 5.41) is 10.5. The summed E-state index contributed by atoms with van der Waals surface area (Å²) in [6.07, 6.45) is 40.6. The summed E-state index contributed by atoms with van der Waals surface area (Å²) in [7, 11) is -9.88. The molecule has 0 saturated carbocycles. The molecule has 3 N–H and O–H groups in total. The number of phosphoric ester groups is 2. The highest BCUT2D eigenvalue weighted by molar-refractivity contribution is 7.47. The van der Waals surface area contributed by atoms with Crippen LogP contribution in [-0.4, -0.2) is 96.7 Å². The Morgan fingerprint density at radius 1 is 0.321 bits per heavy atom. The molecule has 19 heteroatoms. The average molecular weight is 1240 g/mol. The van der Waals surface area contributed by atoms with E-state index in [0.29, 0.717) is 25.7 Å². The molecule has 0 aromatic rings. The van der Waals surface area contributed by atoms with Crippen molar-refractivity contribution in [1.29, 1.82) is 0 Å². The topological polar surface area (TPSA) is 237 Å². The number of hydrogen-bond donors (Lipinski definition) is 3. The van der Waals surface area contributed by atoms with E-state index < -0.39 is 97.5 Å². The molecule has 0 spiro atoms. The molecule has 498 valence electrons. The molecule has 2 unspecified atom stereocenters. The predicted molar refractivity (Wildman–Crippen MR) is 335 cm³/mol. The monoisotopic (exact) mass is 1240 g/mol. The van der Waals surface area contributed by atoms with E-state index in [4.69, 9.17) is 37.0 Å². The van der Waals surface area contributed by atoms with E-state index in [-0.39, 0.29) is 25.7 Å². The SMILES string of the molecule is CCCCCCCCCC(=O)OC[C@H](COP(=O)(O)OC[C@H](O)COP(=O)(O)OC[C@@H](COC(=O)CCCCCCCCCCCC(C)C)OC(=O)CCCCCCCCCCCCCCCCCC(C)C)OC(=O)CCCCCCCCC. The maximum Gasteiger partial charge on any atom is 0.472 e. The van der Waals surface area contributed by atoms with Crippen molar-refractivity contribution in [2.45, 2.75) is 342 Å². The lowest BCUT2D eigenvalue weighted by atomic mass is 10.0. The van der Waals surface area contributed by atoms with Crippen molar-refractivity contribution in [3.8, 4) is 0 Å². The third-order valence-corrected chi connectivity index (χ3v) is 16.9. The molecule has 0 heterocycles. The van der Waals surface area contributed by atoms with Crippen LogP contribution in [0.25, 0.3) is 0 Å². The van der Waals surface area contributed by atoms with Crippen LogP contribution >= 0.6 is 15.6 Å². The summed E-state index contributed by atoms with van der Waals surface area (Å²) in [6.45, 7) is 9.43. The number of carbonyl (C=O) groups excluding carboxylic acids is 4. The molecular formula is C65H126O17P2. The predicted octanol–water partition coefficient (Wildman–Crippen LogP) is 18.0. The second-order valence-corrected chi connectivity index (χ2v) is 27.4. The molecule has 5 atom stereocenters.